The molecule has 0 unspecified atom stereocenters. The molecule has 27 heavy (non-hydrogen) atoms. The van der Waals surface area contributed by atoms with E-state index < -0.39 is 0 Å². The van der Waals surface area contributed by atoms with Crippen molar-refractivity contribution in [2.24, 2.45) is 10.9 Å². The van der Waals surface area contributed by atoms with Crippen LogP contribution in [0.1, 0.15) is 43.2 Å². The molecule has 7 heteroatoms. The lowest BCUT2D eigenvalue weighted by atomic mass is 10.0. The molecule has 0 bridgehead atoms. The third-order valence-electron chi connectivity index (χ3n) is 4.83. The van der Waals surface area contributed by atoms with Crippen molar-refractivity contribution in [2.75, 3.05) is 26.4 Å². The summed E-state index contributed by atoms with van der Waals surface area (Å²) in [4.78, 5) is 16.1. The summed E-state index contributed by atoms with van der Waals surface area (Å²) >= 11 is 1.67. The average molecular weight is 395 g/mol. The number of nitrogens with one attached hydrogen (secondary N) is 3. The molecule has 0 aromatic heterocycles. The van der Waals surface area contributed by atoms with Crippen molar-refractivity contribution in [1.82, 2.24) is 16.0 Å². The number of benzene rings is 1. The molecule has 1 fully saturated rings. The quantitative estimate of drug-likeness (QED) is 0.342. The number of carbonyl (C=O) groups is 1. The number of nitrogens with zero attached hydrogens (tertiary/aromatic N) is 1. The van der Waals surface area contributed by atoms with Gasteiger partial charge in [-0.25, -0.2) is 4.39 Å². The van der Waals surface area contributed by atoms with Gasteiger partial charge in [0, 0.05) is 38.9 Å². The summed E-state index contributed by atoms with van der Waals surface area (Å²) in [5.41, 5.74) is 2.04. The molecule has 0 atom stereocenters. The van der Waals surface area contributed by atoms with Gasteiger partial charge in [-0.1, -0.05) is 18.9 Å². The van der Waals surface area contributed by atoms with Gasteiger partial charge in [-0.15, -0.1) is 0 Å². The first-order chi connectivity index (χ1) is 13.1. The van der Waals surface area contributed by atoms with Gasteiger partial charge in [0.2, 0.25) is 5.91 Å². The van der Waals surface area contributed by atoms with E-state index in [1.54, 1.807) is 24.9 Å². The third-order valence-corrected chi connectivity index (χ3v) is 5.43. The Balaban J connectivity index is 1.69. The molecule has 0 saturated heterocycles. The molecule has 2 rings (SSSR count). The van der Waals surface area contributed by atoms with Crippen LogP contribution in [0.2, 0.25) is 0 Å². The van der Waals surface area contributed by atoms with Crippen molar-refractivity contribution < 1.29 is 9.18 Å². The number of aliphatic imine (C=N–C) groups is 1. The molecule has 150 valence electrons. The molecule has 1 saturated carbocycles. The zero-order valence-electron chi connectivity index (χ0n) is 16.3. The van der Waals surface area contributed by atoms with Crippen molar-refractivity contribution >= 4 is 23.6 Å². The van der Waals surface area contributed by atoms with Gasteiger partial charge in [0.15, 0.2) is 5.96 Å². The molecule has 0 spiro atoms. The number of thioether (sulfide) groups is 1. The monoisotopic (exact) mass is 394 g/mol. The van der Waals surface area contributed by atoms with Gasteiger partial charge in [0.05, 0.1) is 0 Å². The van der Waals surface area contributed by atoms with E-state index in [1.165, 1.54) is 31.7 Å². The number of rotatable bonds is 9. The summed E-state index contributed by atoms with van der Waals surface area (Å²) in [6, 6.07) is 4.88. The van der Waals surface area contributed by atoms with Gasteiger partial charge in [-0.3, -0.25) is 9.79 Å². The lowest BCUT2D eigenvalue weighted by molar-refractivity contribution is -0.121. The van der Waals surface area contributed by atoms with Crippen LogP contribution in [0.4, 0.5) is 4.39 Å². The van der Waals surface area contributed by atoms with Gasteiger partial charge < -0.3 is 16.0 Å². The van der Waals surface area contributed by atoms with Crippen molar-refractivity contribution in [1.29, 1.82) is 0 Å². The van der Waals surface area contributed by atoms with Crippen molar-refractivity contribution in [3.05, 3.63) is 35.1 Å². The van der Waals surface area contributed by atoms with Crippen LogP contribution >= 0.6 is 11.8 Å². The second-order valence-electron chi connectivity index (χ2n) is 6.90. The number of hydrogen-bond donors (Lipinski definition) is 3. The highest BCUT2D eigenvalue weighted by atomic mass is 32.2. The lowest BCUT2D eigenvalue weighted by Crippen LogP contribution is -2.41. The highest BCUT2D eigenvalue weighted by molar-refractivity contribution is 7.97. The van der Waals surface area contributed by atoms with E-state index in [2.05, 4.69) is 20.9 Å². The zero-order chi connectivity index (χ0) is 19.5. The van der Waals surface area contributed by atoms with Crippen LogP contribution in [0.25, 0.3) is 0 Å². The SMILES string of the molecule is CN=C(NCCNC(=O)CC1CCCC1)NCc1ccc(F)cc1CSC. The Labute approximate surface area is 166 Å². The van der Waals surface area contributed by atoms with Gasteiger partial charge in [-0.05, 0) is 48.3 Å². The van der Waals surface area contributed by atoms with Crippen molar-refractivity contribution in [3.63, 3.8) is 0 Å². The predicted octanol–water partition coefficient (Wildman–Crippen LogP) is 3.05. The maximum atomic E-state index is 13.4. The summed E-state index contributed by atoms with van der Waals surface area (Å²) < 4.78 is 13.4. The minimum Gasteiger partial charge on any atom is -0.355 e. The van der Waals surface area contributed by atoms with Crippen LogP contribution in [-0.4, -0.2) is 38.3 Å². The first-order valence-electron chi connectivity index (χ1n) is 9.59. The second-order valence-corrected chi connectivity index (χ2v) is 7.77. The molecular weight excluding hydrogens is 363 g/mol. The standard InChI is InChI=1S/C20H31FN4OS/c1-22-20(24-10-9-23-19(26)11-15-5-3-4-6-15)25-13-16-7-8-18(21)12-17(16)14-27-2/h7-8,12,15H,3-6,9-11,13-14H2,1-2H3,(H,23,26)(H2,22,24,25). The van der Waals surface area contributed by atoms with E-state index in [0.29, 0.717) is 37.9 Å². The molecule has 0 aliphatic heterocycles. The highest BCUT2D eigenvalue weighted by Crippen LogP contribution is 2.27. The largest absolute Gasteiger partial charge is 0.355 e. The molecule has 5 nitrogen and oxygen atoms in total. The summed E-state index contributed by atoms with van der Waals surface area (Å²) in [6.07, 6.45) is 7.54. The number of amides is 1. The van der Waals surface area contributed by atoms with Crippen molar-refractivity contribution in [3.8, 4) is 0 Å². The van der Waals surface area contributed by atoms with Crippen molar-refractivity contribution in [2.45, 2.75) is 44.4 Å². The Bertz CT molecular complexity index is 632. The van der Waals surface area contributed by atoms with E-state index in [1.807, 2.05) is 12.3 Å². The maximum absolute atomic E-state index is 13.4. The number of hydrogen-bond acceptors (Lipinski definition) is 3. The highest BCUT2D eigenvalue weighted by Gasteiger charge is 2.17. The van der Waals surface area contributed by atoms with Crippen LogP contribution in [0.5, 0.6) is 0 Å². The van der Waals surface area contributed by atoms with E-state index in [9.17, 15) is 9.18 Å². The van der Waals surface area contributed by atoms with E-state index in [0.717, 1.165) is 16.9 Å². The van der Waals surface area contributed by atoms with Gasteiger partial charge in [-0.2, -0.15) is 11.8 Å². The van der Waals surface area contributed by atoms with E-state index in [4.69, 9.17) is 0 Å². The molecule has 1 amide bonds. The molecule has 0 heterocycles. The summed E-state index contributed by atoms with van der Waals surface area (Å²) in [5, 5.41) is 9.41. The summed E-state index contributed by atoms with van der Waals surface area (Å²) in [7, 11) is 1.71. The van der Waals surface area contributed by atoms with Gasteiger partial charge in [0.25, 0.3) is 0 Å². The van der Waals surface area contributed by atoms with Crippen LogP contribution < -0.4 is 16.0 Å². The number of guanidine groups is 1. The Kier molecular flexibility index (Phi) is 9.45. The van der Waals surface area contributed by atoms with Gasteiger partial charge >= 0.3 is 0 Å². The van der Waals surface area contributed by atoms with Crippen LogP contribution in [0, 0.1) is 11.7 Å². The Morgan fingerprint density at radius 1 is 1.19 bits per heavy atom. The summed E-state index contributed by atoms with van der Waals surface area (Å²) in [5.74, 6) is 1.93. The zero-order valence-corrected chi connectivity index (χ0v) is 17.1. The maximum Gasteiger partial charge on any atom is 0.220 e. The van der Waals surface area contributed by atoms with E-state index >= 15 is 0 Å². The Hall–Kier alpha value is -1.76. The fourth-order valence-corrected chi connectivity index (χ4v) is 3.97. The lowest BCUT2D eigenvalue weighted by Gasteiger charge is -2.15. The average Bonchev–Trinajstić information content (AvgIpc) is 3.15. The normalized spacial score (nSPS) is 15.0. The van der Waals surface area contributed by atoms with Gasteiger partial charge in [0.1, 0.15) is 5.82 Å². The molecule has 1 aliphatic carbocycles. The van der Waals surface area contributed by atoms with Crippen LogP contribution in [0.3, 0.4) is 0 Å². The summed E-state index contributed by atoms with van der Waals surface area (Å²) in [6.45, 7) is 1.75. The Morgan fingerprint density at radius 2 is 1.93 bits per heavy atom. The molecular formula is C20H31FN4OS. The smallest absolute Gasteiger partial charge is 0.220 e. The first kappa shape index (κ1) is 21.5. The minimum atomic E-state index is -0.210. The van der Waals surface area contributed by atoms with Crippen LogP contribution in [-0.2, 0) is 17.1 Å². The molecule has 0 radical (unpaired) electrons. The fourth-order valence-electron chi connectivity index (χ4n) is 3.39. The van der Waals surface area contributed by atoms with Crippen LogP contribution in [0.15, 0.2) is 23.2 Å². The number of carbonyl (C=O) groups excluding carboxylic acids is 1. The molecule has 1 aromatic carbocycles. The van der Waals surface area contributed by atoms with E-state index in [-0.39, 0.29) is 11.7 Å². The molecule has 3 N–H and O–H groups in total. The minimum absolute atomic E-state index is 0.139. The fraction of sp³-hybridized carbons (Fsp3) is 0.600. The molecule has 1 aromatic rings. The molecule has 1 aliphatic rings. The first-order valence-corrected chi connectivity index (χ1v) is 11.0. The number of halogens is 1. The second kappa shape index (κ2) is 11.8. The topological polar surface area (TPSA) is 65.5 Å². The Morgan fingerprint density at radius 3 is 2.63 bits per heavy atom. The predicted molar refractivity (Wildman–Crippen MR) is 111 cm³/mol. The third kappa shape index (κ3) is 7.79.